The molecule has 4 nitrogen and oxygen atoms in total. The molecule has 0 spiro atoms. The molecule has 1 aromatic heterocycles. The van der Waals surface area contributed by atoms with Crippen LogP contribution in [0.25, 0.3) is 0 Å². The smallest absolute Gasteiger partial charge is 0.141 e. The predicted octanol–water partition coefficient (Wildman–Crippen LogP) is 1.89. The van der Waals surface area contributed by atoms with Crippen molar-refractivity contribution in [2.24, 2.45) is 0 Å². The maximum atomic E-state index is 6.00. The van der Waals surface area contributed by atoms with Crippen LogP contribution in [0.3, 0.4) is 0 Å². The van der Waals surface area contributed by atoms with Crippen LogP contribution in [0.4, 0.5) is 0 Å². The van der Waals surface area contributed by atoms with Gasteiger partial charge in [0.1, 0.15) is 12.2 Å². The van der Waals surface area contributed by atoms with Crippen molar-refractivity contribution in [3.8, 4) is 0 Å². The van der Waals surface area contributed by atoms with E-state index in [9.17, 15) is 0 Å². The molecule has 1 saturated heterocycles. The molecule has 0 aromatic carbocycles. The van der Waals surface area contributed by atoms with E-state index in [4.69, 9.17) is 11.6 Å². The molecule has 5 heteroatoms. The Morgan fingerprint density at radius 2 is 2.38 bits per heavy atom. The fourth-order valence-electron chi connectivity index (χ4n) is 2.30. The van der Waals surface area contributed by atoms with E-state index in [1.807, 2.05) is 4.68 Å². The van der Waals surface area contributed by atoms with E-state index >= 15 is 0 Å². The zero-order valence-electron chi connectivity index (χ0n) is 9.77. The van der Waals surface area contributed by atoms with Crippen molar-refractivity contribution in [3.05, 3.63) is 12.2 Å². The largest absolute Gasteiger partial charge is 0.292 e. The van der Waals surface area contributed by atoms with Crippen molar-refractivity contribution in [3.63, 3.8) is 0 Å². The molecule has 0 amide bonds. The van der Waals surface area contributed by atoms with Gasteiger partial charge in [-0.3, -0.25) is 4.90 Å². The van der Waals surface area contributed by atoms with Gasteiger partial charge in [0, 0.05) is 18.5 Å². The fourth-order valence-corrected chi connectivity index (χ4v) is 2.65. The summed E-state index contributed by atoms with van der Waals surface area (Å²) >= 11 is 6.00. The number of alkyl halides is 1. The van der Waals surface area contributed by atoms with Gasteiger partial charge in [0.15, 0.2) is 0 Å². The van der Waals surface area contributed by atoms with Gasteiger partial charge in [-0.1, -0.05) is 6.42 Å². The molecule has 2 rings (SSSR count). The summed E-state index contributed by atoms with van der Waals surface area (Å²) in [6, 6.07) is 0.512. The van der Waals surface area contributed by atoms with Crippen LogP contribution < -0.4 is 0 Å². The standard InChI is InChI=1S/C11H19ClN4/c1-2-16-11(13-9-14-16)8-15-6-4-3-5-10(15)7-12/h9-10H,2-8H2,1H3. The first-order chi connectivity index (χ1) is 7.85. The van der Waals surface area contributed by atoms with Gasteiger partial charge in [0.05, 0.1) is 6.54 Å². The average Bonchev–Trinajstić information content (AvgIpc) is 2.77. The Hall–Kier alpha value is -0.610. The second-order valence-corrected chi connectivity index (χ2v) is 4.58. The summed E-state index contributed by atoms with van der Waals surface area (Å²) in [7, 11) is 0. The van der Waals surface area contributed by atoms with Gasteiger partial charge < -0.3 is 0 Å². The van der Waals surface area contributed by atoms with Crippen LogP contribution in [0.5, 0.6) is 0 Å². The third-order valence-electron chi connectivity index (χ3n) is 3.27. The minimum absolute atomic E-state index is 0.512. The Kier molecular flexibility index (Phi) is 4.18. The Morgan fingerprint density at radius 1 is 1.50 bits per heavy atom. The van der Waals surface area contributed by atoms with Crippen LogP contribution in [-0.4, -0.2) is 38.1 Å². The SMILES string of the molecule is CCn1ncnc1CN1CCCCC1CCl. The molecule has 1 fully saturated rings. The van der Waals surface area contributed by atoms with E-state index in [0.29, 0.717) is 6.04 Å². The maximum Gasteiger partial charge on any atom is 0.141 e. The Morgan fingerprint density at radius 3 is 3.12 bits per heavy atom. The van der Waals surface area contributed by atoms with Crippen molar-refractivity contribution in [1.82, 2.24) is 19.7 Å². The second-order valence-electron chi connectivity index (χ2n) is 4.27. The minimum atomic E-state index is 0.512. The average molecular weight is 243 g/mol. The molecule has 0 N–H and O–H groups in total. The quantitative estimate of drug-likeness (QED) is 0.757. The number of likely N-dealkylation sites (tertiary alicyclic amines) is 1. The van der Waals surface area contributed by atoms with Crippen LogP contribution in [0.1, 0.15) is 32.0 Å². The molecule has 0 aliphatic carbocycles. The molecule has 1 aliphatic heterocycles. The van der Waals surface area contributed by atoms with E-state index in [1.54, 1.807) is 6.33 Å². The lowest BCUT2D eigenvalue weighted by Crippen LogP contribution is -2.40. The summed E-state index contributed by atoms with van der Waals surface area (Å²) in [4.78, 5) is 6.75. The monoisotopic (exact) mass is 242 g/mol. The van der Waals surface area contributed by atoms with Gasteiger partial charge >= 0.3 is 0 Å². The van der Waals surface area contributed by atoms with Gasteiger partial charge in [-0.2, -0.15) is 5.10 Å². The lowest BCUT2D eigenvalue weighted by molar-refractivity contribution is 0.149. The molecule has 16 heavy (non-hydrogen) atoms. The van der Waals surface area contributed by atoms with Crippen molar-refractivity contribution >= 4 is 11.6 Å². The van der Waals surface area contributed by atoms with E-state index in [-0.39, 0.29) is 0 Å². The topological polar surface area (TPSA) is 34.0 Å². The first-order valence-electron chi connectivity index (χ1n) is 6.01. The molecule has 0 radical (unpaired) electrons. The molecule has 0 bridgehead atoms. The highest BCUT2D eigenvalue weighted by atomic mass is 35.5. The third-order valence-corrected chi connectivity index (χ3v) is 3.62. The van der Waals surface area contributed by atoms with E-state index in [0.717, 1.165) is 31.3 Å². The summed E-state index contributed by atoms with van der Waals surface area (Å²) in [5, 5.41) is 4.20. The summed E-state index contributed by atoms with van der Waals surface area (Å²) < 4.78 is 1.96. The number of rotatable bonds is 4. The summed E-state index contributed by atoms with van der Waals surface area (Å²) in [5.41, 5.74) is 0. The van der Waals surface area contributed by atoms with Gasteiger partial charge in [0.25, 0.3) is 0 Å². The van der Waals surface area contributed by atoms with Crippen LogP contribution in [0.2, 0.25) is 0 Å². The van der Waals surface area contributed by atoms with E-state index in [2.05, 4.69) is 21.9 Å². The molecule has 1 unspecified atom stereocenters. The molecule has 90 valence electrons. The Bertz CT molecular complexity index is 326. The van der Waals surface area contributed by atoms with Gasteiger partial charge in [-0.15, -0.1) is 11.6 Å². The summed E-state index contributed by atoms with van der Waals surface area (Å²) in [5.74, 6) is 1.78. The molecule has 1 aliphatic rings. The highest BCUT2D eigenvalue weighted by Gasteiger charge is 2.22. The van der Waals surface area contributed by atoms with Gasteiger partial charge in [0.2, 0.25) is 0 Å². The Labute approximate surface area is 102 Å². The van der Waals surface area contributed by atoms with E-state index in [1.165, 1.54) is 19.3 Å². The zero-order chi connectivity index (χ0) is 11.4. The third kappa shape index (κ3) is 2.55. The van der Waals surface area contributed by atoms with Gasteiger partial charge in [-0.25, -0.2) is 9.67 Å². The molecule has 0 saturated carbocycles. The summed E-state index contributed by atoms with van der Waals surface area (Å²) in [6.45, 7) is 4.99. The van der Waals surface area contributed by atoms with Crippen LogP contribution in [0, 0.1) is 0 Å². The number of hydrogen-bond donors (Lipinski definition) is 0. The number of piperidine rings is 1. The minimum Gasteiger partial charge on any atom is -0.292 e. The highest BCUT2D eigenvalue weighted by Crippen LogP contribution is 2.19. The fraction of sp³-hybridized carbons (Fsp3) is 0.818. The molecular weight excluding hydrogens is 224 g/mol. The first kappa shape index (κ1) is 11.9. The number of aryl methyl sites for hydroxylation is 1. The first-order valence-corrected chi connectivity index (χ1v) is 6.55. The summed E-state index contributed by atoms with van der Waals surface area (Å²) in [6.07, 6.45) is 5.42. The van der Waals surface area contributed by atoms with Crippen molar-refractivity contribution < 1.29 is 0 Å². The van der Waals surface area contributed by atoms with Crippen molar-refractivity contribution in [1.29, 1.82) is 0 Å². The predicted molar refractivity (Wildman–Crippen MR) is 64.5 cm³/mol. The van der Waals surface area contributed by atoms with Crippen LogP contribution in [-0.2, 0) is 13.1 Å². The number of halogens is 1. The highest BCUT2D eigenvalue weighted by molar-refractivity contribution is 6.18. The van der Waals surface area contributed by atoms with E-state index < -0.39 is 0 Å². The molecule has 1 atom stereocenters. The van der Waals surface area contributed by atoms with Gasteiger partial charge in [-0.05, 0) is 26.3 Å². The second kappa shape index (κ2) is 5.64. The van der Waals surface area contributed by atoms with Crippen LogP contribution in [0.15, 0.2) is 6.33 Å². The molecular formula is C11H19ClN4. The van der Waals surface area contributed by atoms with Crippen molar-refractivity contribution in [2.45, 2.75) is 45.3 Å². The number of aromatic nitrogens is 3. The maximum absolute atomic E-state index is 6.00. The van der Waals surface area contributed by atoms with Crippen LogP contribution >= 0.6 is 11.6 Å². The molecule has 1 aromatic rings. The Balaban J connectivity index is 2.02. The zero-order valence-corrected chi connectivity index (χ0v) is 10.5. The number of nitrogens with zero attached hydrogens (tertiary/aromatic N) is 4. The number of hydrogen-bond acceptors (Lipinski definition) is 3. The lowest BCUT2D eigenvalue weighted by atomic mass is 10.0. The van der Waals surface area contributed by atoms with Crippen molar-refractivity contribution in [2.75, 3.05) is 12.4 Å². The lowest BCUT2D eigenvalue weighted by Gasteiger charge is -2.34. The molecule has 2 heterocycles. The normalized spacial score (nSPS) is 22.5.